The minimum Gasteiger partial charge on any atom is -0.493 e. The Morgan fingerprint density at radius 3 is 2.50 bits per heavy atom. The third-order valence-corrected chi connectivity index (χ3v) is 3.80. The molecule has 0 aromatic heterocycles. The summed E-state index contributed by atoms with van der Waals surface area (Å²) in [6.07, 6.45) is 1.48. The first kappa shape index (κ1) is 18.5. The third-order valence-electron chi connectivity index (χ3n) is 3.80. The van der Waals surface area contributed by atoms with Crippen LogP contribution in [0, 0.1) is 0 Å². The van der Waals surface area contributed by atoms with Crippen LogP contribution in [0.15, 0.2) is 30.4 Å². The average molecular weight is 307 g/mol. The van der Waals surface area contributed by atoms with Crippen LogP contribution in [0.4, 0.5) is 0 Å². The molecule has 1 rings (SSSR count). The maximum absolute atomic E-state index is 10.3. The molecule has 4 heteroatoms. The van der Waals surface area contributed by atoms with Crippen LogP contribution in [-0.4, -0.2) is 31.0 Å². The van der Waals surface area contributed by atoms with Crippen LogP contribution in [0.2, 0.25) is 0 Å². The van der Waals surface area contributed by atoms with E-state index >= 15 is 0 Å². The second kappa shape index (κ2) is 8.81. The molecule has 2 N–H and O–H groups in total. The lowest BCUT2D eigenvalue weighted by atomic mass is 9.97. The van der Waals surface area contributed by atoms with Crippen molar-refractivity contribution in [1.82, 2.24) is 5.32 Å². The summed E-state index contributed by atoms with van der Waals surface area (Å²) in [5.41, 5.74) is 1.42. The summed E-state index contributed by atoms with van der Waals surface area (Å²) in [6, 6.07) is 5.86. The van der Waals surface area contributed by atoms with E-state index in [1.165, 1.54) is 0 Å². The first-order chi connectivity index (χ1) is 10.4. The van der Waals surface area contributed by atoms with Crippen molar-refractivity contribution in [1.29, 1.82) is 0 Å². The Labute approximate surface area is 134 Å². The van der Waals surface area contributed by atoms with Crippen molar-refractivity contribution >= 4 is 0 Å². The van der Waals surface area contributed by atoms with Gasteiger partial charge >= 0.3 is 0 Å². The van der Waals surface area contributed by atoms with Gasteiger partial charge in [0.15, 0.2) is 11.5 Å². The summed E-state index contributed by atoms with van der Waals surface area (Å²) in [4.78, 5) is 0. The molecule has 1 aromatic carbocycles. The minimum atomic E-state index is -0.633. The Kier molecular flexibility index (Phi) is 7.42. The van der Waals surface area contributed by atoms with Gasteiger partial charge in [-0.05, 0) is 43.0 Å². The molecule has 0 unspecified atom stereocenters. The lowest BCUT2D eigenvalue weighted by Crippen LogP contribution is -2.39. The van der Waals surface area contributed by atoms with E-state index in [0.29, 0.717) is 31.2 Å². The number of benzene rings is 1. The maximum Gasteiger partial charge on any atom is 0.161 e. The molecule has 124 valence electrons. The lowest BCUT2D eigenvalue weighted by Gasteiger charge is -2.25. The fourth-order valence-corrected chi connectivity index (χ4v) is 2.08. The van der Waals surface area contributed by atoms with Crippen molar-refractivity contribution < 1.29 is 14.6 Å². The molecule has 0 saturated carbocycles. The highest BCUT2D eigenvalue weighted by Gasteiger charge is 2.21. The number of methoxy groups -OCH3 is 1. The summed E-state index contributed by atoms with van der Waals surface area (Å²) in [5.74, 6) is 1.43. The Morgan fingerprint density at radius 1 is 1.27 bits per heavy atom. The van der Waals surface area contributed by atoms with Gasteiger partial charge in [0.05, 0.1) is 12.7 Å². The van der Waals surface area contributed by atoms with Gasteiger partial charge in [-0.2, -0.15) is 0 Å². The highest BCUT2D eigenvalue weighted by atomic mass is 16.5. The van der Waals surface area contributed by atoms with E-state index in [-0.39, 0.29) is 0 Å². The summed E-state index contributed by atoms with van der Waals surface area (Å²) in [6.45, 7) is 11.5. The molecule has 0 fully saturated rings. The molecule has 0 aliphatic rings. The Hall–Kier alpha value is -1.52. The number of rotatable bonds is 10. The van der Waals surface area contributed by atoms with Crippen molar-refractivity contribution in [3.63, 3.8) is 0 Å². The number of nitrogens with one attached hydrogen (secondary N) is 1. The van der Waals surface area contributed by atoms with Crippen LogP contribution in [0.5, 0.6) is 11.5 Å². The van der Waals surface area contributed by atoms with E-state index in [2.05, 4.69) is 11.9 Å². The fraction of sp³-hybridized carbons (Fsp3) is 0.556. The van der Waals surface area contributed by atoms with Gasteiger partial charge in [0.25, 0.3) is 0 Å². The predicted octanol–water partition coefficient (Wildman–Crippen LogP) is 3.29. The van der Waals surface area contributed by atoms with Gasteiger partial charge in [-0.15, -0.1) is 0 Å². The van der Waals surface area contributed by atoms with Crippen LogP contribution in [-0.2, 0) is 6.54 Å². The average Bonchev–Trinajstić information content (AvgIpc) is 2.52. The highest BCUT2D eigenvalue weighted by molar-refractivity contribution is 5.43. The van der Waals surface area contributed by atoms with E-state index in [1.807, 2.05) is 39.0 Å². The Bertz CT molecular complexity index is 481. The summed E-state index contributed by atoms with van der Waals surface area (Å²) in [7, 11) is 1.63. The molecule has 0 amide bonds. The van der Waals surface area contributed by atoms with Gasteiger partial charge in [0.2, 0.25) is 0 Å². The van der Waals surface area contributed by atoms with Crippen LogP contribution in [0.3, 0.4) is 0 Å². The SMILES string of the molecule is C=C(C)COc1cc(CNCC(O)(CC)CC)ccc1OC. The van der Waals surface area contributed by atoms with E-state index in [4.69, 9.17) is 9.47 Å². The van der Waals surface area contributed by atoms with E-state index in [1.54, 1.807) is 7.11 Å². The third kappa shape index (κ3) is 5.70. The van der Waals surface area contributed by atoms with Gasteiger partial charge in [0, 0.05) is 13.1 Å². The van der Waals surface area contributed by atoms with Crippen molar-refractivity contribution in [2.45, 2.75) is 45.8 Å². The molecule has 0 heterocycles. The lowest BCUT2D eigenvalue weighted by molar-refractivity contribution is 0.0323. The molecule has 4 nitrogen and oxygen atoms in total. The molecule has 0 bridgehead atoms. The molecule has 0 spiro atoms. The Balaban J connectivity index is 2.67. The van der Waals surface area contributed by atoms with Crippen LogP contribution in [0.1, 0.15) is 39.2 Å². The van der Waals surface area contributed by atoms with Crippen molar-refractivity contribution in [2.75, 3.05) is 20.3 Å². The molecule has 0 aliphatic heterocycles. The zero-order chi connectivity index (χ0) is 16.6. The van der Waals surface area contributed by atoms with E-state index < -0.39 is 5.60 Å². The fourth-order valence-electron chi connectivity index (χ4n) is 2.08. The highest BCUT2D eigenvalue weighted by Crippen LogP contribution is 2.28. The normalized spacial score (nSPS) is 11.3. The first-order valence-corrected chi connectivity index (χ1v) is 7.81. The van der Waals surface area contributed by atoms with Gasteiger partial charge in [-0.25, -0.2) is 0 Å². The smallest absolute Gasteiger partial charge is 0.161 e. The quantitative estimate of drug-likeness (QED) is 0.651. The van der Waals surface area contributed by atoms with Gasteiger partial charge < -0.3 is 19.9 Å². The Morgan fingerprint density at radius 2 is 1.95 bits per heavy atom. The van der Waals surface area contributed by atoms with Gasteiger partial charge in [-0.3, -0.25) is 0 Å². The van der Waals surface area contributed by atoms with E-state index in [0.717, 1.165) is 24.0 Å². The van der Waals surface area contributed by atoms with Crippen LogP contribution in [0.25, 0.3) is 0 Å². The molecule has 0 radical (unpaired) electrons. The van der Waals surface area contributed by atoms with E-state index in [9.17, 15) is 5.11 Å². The van der Waals surface area contributed by atoms with Crippen molar-refractivity contribution in [3.8, 4) is 11.5 Å². The predicted molar refractivity (Wildman–Crippen MR) is 90.5 cm³/mol. The zero-order valence-corrected chi connectivity index (χ0v) is 14.2. The molecule has 0 atom stereocenters. The molecular formula is C18H29NO3. The molecule has 22 heavy (non-hydrogen) atoms. The zero-order valence-electron chi connectivity index (χ0n) is 14.2. The van der Waals surface area contributed by atoms with Crippen LogP contribution >= 0.6 is 0 Å². The molecule has 0 saturated heterocycles. The maximum atomic E-state index is 10.3. The van der Waals surface area contributed by atoms with Crippen molar-refractivity contribution in [3.05, 3.63) is 35.9 Å². The second-order valence-electron chi connectivity index (χ2n) is 5.77. The topological polar surface area (TPSA) is 50.7 Å². The molecule has 1 aromatic rings. The number of hydrogen-bond donors (Lipinski definition) is 2. The largest absolute Gasteiger partial charge is 0.493 e. The second-order valence-corrected chi connectivity index (χ2v) is 5.77. The monoisotopic (exact) mass is 307 g/mol. The van der Waals surface area contributed by atoms with Crippen molar-refractivity contribution in [2.24, 2.45) is 0 Å². The summed E-state index contributed by atoms with van der Waals surface area (Å²) >= 11 is 0. The standard InChI is InChI=1S/C18H29NO3/c1-6-18(20,7-2)13-19-11-15-8-9-16(21-5)17(10-15)22-12-14(3)4/h8-10,19-20H,3,6-7,11-13H2,1-2,4-5H3. The first-order valence-electron chi connectivity index (χ1n) is 7.81. The number of hydrogen-bond acceptors (Lipinski definition) is 4. The summed E-state index contributed by atoms with van der Waals surface area (Å²) in [5, 5.41) is 13.6. The molecular weight excluding hydrogens is 278 g/mol. The summed E-state index contributed by atoms with van der Waals surface area (Å²) < 4.78 is 11.0. The van der Waals surface area contributed by atoms with Gasteiger partial charge in [0.1, 0.15) is 6.61 Å². The minimum absolute atomic E-state index is 0.471. The molecule has 0 aliphatic carbocycles. The number of ether oxygens (including phenoxy) is 2. The van der Waals surface area contributed by atoms with Gasteiger partial charge in [-0.1, -0.05) is 26.5 Å². The number of aliphatic hydroxyl groups is 1. The van der Waals surface area contributed by atoms with Crippen LogP contribution < -0.4 is 14.8 Å².